The molecule has 3 aromatic rings. The van der Waals surface area contributed by atoms with Gasteiger partial charge in [0.25, 0.3) is 0 Å². The molecule has 0 radical (unpaired) electrons. The summed E-state index contributed by atoms with van der Waals surface area (Å²) >= 11 is 6.31. The van der Waals surface area contributed by atoms with Crippen molar-refractivity contribution in [2.75, 3.05) is 0 Å². The molecule has 0 spiro atoms. The Morgan fingerprint density at radius 1 is 0.885 bits per heavy atom. The number of carbonyl (C=O) groups excluding carboxylic acids is 1. The molecule has 0 aromatic heterocycles. The quantitative estimate of drug-likeness (QED) is 0.514. The van der Waals surface area contributed by atoms with Gasteiger partial charge in [0.05, 0.1) is 6.04 Å². The van der Waals surface area contributed by atoms with E-state index < -0.39 is 0 Å². The van der Waals surface area contributed by atoms with E-state index in [1.807, 2.05) is 48.5 Å². The molecule has 128 valence electrons. The van der Waals surface area contributed by atoms with Crippen LogP contribution < -0.4 is 0 Å². The summed E-state index contributed by atoms with van der Waals surface area (Å²) in [4.78, 5) is 15.7. The van der Waals surface area contributed by atoms with Crippen molar-refractivity contribution in [2.24, 2.45) is 4.99 Å². The van der Waals surface area contributed by atoms with Gasteiger partial charge < -0.3 is 0 Å². The van der Waals surface area contributed by atoms with Crippen molar-refractivity contribution in [1.29, 1.82) is 0 Å². The molecule has 1 atom stereocenters. The van der Waals surface area contributed by atoms with Gasteiger partial charge in [-0.15, -0.1) is 0 Å². The second-order valence-corrected chi connectivity index (χ2v) is 6.88. The highest BCUT2D eigenvalue weighted by atomic mass is 35.5. The van der Waals surface area contributed by atoms with E-state index in [4.69, 9.17) is 16.6 Å². The number of hydrogen-bond donors (Lipinski definition) is 0. The van der Waals surface area contributed by atoms with Gasteiger partial charge in [0.2, 0.25) is 0 Å². The summed E-state index contributed by atoms with van der Waals surface area (Å²) in [6.07, 6.45) is 2.82. The third kappa shape index (κ3) is 3.33. The first-order valence-electron chi connectivity index (χ1n) is 8.72. The molecule has 3 aromatic carbocycles. The van der Waals surface area contributed by atoms with Crippen LogP contribution in [0.15, 0.2) is 77.8 Å². The second-order valence-electron chi connectivity index (χ2n) is 6.47. The van der Waals surface area contributed by atoms with Gasteiger partial charge >= 0.3 is 0 Å². The Bertz CT molecular complexity index is 958. The maximum absolute atomic E-state index is 10.8. The maximum atomic E-state index is 10.8. The zero-order chi connectivity index (χ0) is 17.9. The monoisotopic (exact) mass is 359 g/mol. The number of rotatable bonds is 4. The summed E-state index contributed by atoms with van der Waals surface area (Å²) in [7, 11) is 0. The number of aliphatic imine (C=N–C) groups is 1. The van der Waals surface area contributed by atoms with Crippen LogP contribution in [0.2, 0.25) is 5.02 Å². The predicted molar refractivity (Wildman–Crippen MR) is 107 cm³/mol. The van der Waals surface area contributed by atoms with E-state index >= 15 is 0 Å². The van der Waals surface area contributed by atoms with Crippen molar-refractivity contribution < 1.29 is 4.79 Å². The molecule has 1 aliphatic heterocycles. The lowest BCUT2D eigenvalue weighted by molar-refractivity contribution is 0.112. The Labute approximate surface area is 158 Å². The summed E-state index contributed by atoms with van der Waals surface area (Å²) in [5.74, 6) is 0. The lowest BCUT2D eigenvalue weighted by Crippen LogP contribution is -1.96. The van der Waals surface area contributed by atoms with Gasteiger partial charge in [-0.25, -0.2) is 0 Å². The highest BCUT2D eigenvalue weighted by Gasteiger charge is 2.21. The van der Waals surface area contributed by atoms with Crippen LogP contribution in [0, 0.1) is 0 Å². The van der Waals surface area contributed by atoms with Crippen molar-refractivity contribution in [3.8, 4) is 11.1 Å². The van der Waals surface area contributed by atoms with Crippen molar-refractivity contribution in [1.82, 2.24) is 0 Å². The molecule has 0 aliphatic carbocycles. The number of carbonyl (C=O) groups is 1. The summed E-state index contributed by atoms with van der Waals surface area (Å²) in [5, 5.41) is 0.765. The molecule has 0 fully saturated rings. The molecule has 4 rings (SSSR count). The van der Waals surface area contributed by atoms with Gasteiger partial charge in [-0.2, -0.15) is 0 Å². The van der Waals surface area contributed by atoms with Crippen LogP contribution in [0.3, 0.4) is 0 Å². The zero-order valence-corrected chi connectivity index (χ0v) is 15.0. The minimum absolute atomic E-state index is 0.188. The molecular weight excluding hydrogens is 342 g/mol. The van der Waals surface area contributed by atoms with E-state index in [2.05, 4.69) is 24.3 Å². The normalized spacial score (nSPS) is 16.3. The average Bonchev–Trinajstić information content (AvgIpc) is 3.18. The second kappa shape index (κ2) is 7.27. The highest BCUT2D eigenvalue weighted by molar-refractivity contribution is 6.34. The molecule has 1 unspecified atom stereocenters. The lowest BCUT2D eigenvalue weighted by atomic mass is 9.99. The standard InChI is InChI=1S/C23H18ClNO/c24-21-4-2-1-3-20(21)23-14-13-22(25-23)19-11-9-18(10-12-19)17-7-5-16(15-26)6-8-17/h1-12,15,22H,13-14H2. The third-order valence-corrected chi connectivity index (χ3v) is 5.16. The van der Waals surface area contributed by atoms with Crippen LogP contribution >= 0.6 is 11.6 Å². The maximum Gasteiger partial charge on any atom is 0.150 e. The fourth-order valence-electron chi connectivity index (χ4n) is 3.38. The van der Waals surface area contributed by atoms with E-state index in [-0.39, 0.29) is 6.04 Å². The minimum atomic E-state index is 0.188. The average molecular weight is 360 g/mol. The Balaban J connectivity index is 1.55. The Morgan fingerprint density at radius 3 is 2.19 bits per heavy atom. The summed E-state index contributed by atoms with van der Waals surface area (Å²) in [5.41, 5.74) is 6.30. The molecular formula is C23H18ClNO. The van der Waals surface area contributed by atoms with Crippen LogP contribution in [0.25, 0.3) is 11.1 Å². The molecule has 2 nitrogen and oxygen atoms in total. The molecule has 1 heterocycles. The third-order valence-electron chi connectivity index (χ3n) is 4.83. The minimum Gasteiger partial charge on any atom is -0.298 e. The lowest BCUT2D eigenvalue weighted by Gasteiger charge is -2.09. The number of halogens is 1. The van der Waals surface area contributed by atoms with Gasteiger partial charge in [-0.3, -0.25) is 9.79 Å². The topological polar surface area (TPSA) is 29.4 Å². The van der Waals surface area contributed by atoms with Crippen LogP contribution in [0.1, 0.15) is 40.4 Å². The summed E-state index contributed by atoms with van der Waals surface area (Å²) < 4.78 is 0. The number of benzene rings is 3. The van der Waals surface area contributed by atoms with Gasteiger partial charge in [0.15, 0.2) is 0 Å². The fraction of sp³-hybridized carbons (Fsp3) is 0.130. The fourth-order valence-corrected chi connectivity index (χ4v) is 3.63. The molecule has 26 heavy (non-hydrogen) atoms. The predicted octanol–water partition coefficient (Wildman–Crippen LogP) is 6.14. The van der Waals surface area contributed by atoms with Crippen molar-refractivity contribution >= 4 is 23.6 Å². The smallest absolute Gasteiger partial charge is 0.150 e. The van der Waals surface area contributed by atoms with Crippen molar-refractivity contribution in [2.45, 2.75) is 18.9 Å². The summed E-state index contributed by atoms with van der Waals surface area (Å²) in [6, 6.07) is 24.2. The molecule has 0 bridgehead atoms. The van der Waals surface area contributed by atoms with Crippen molar-refractivity contribution in [3.05, 3.63) is 94.5 Å². The number of hydrogen-bond acceptors (Lipinski definition) is 2. The van der Waals surface area contributed by atoms with Gasteiger partial charge in [-0.05, 0) is 35.6 Å². The number of nitrogens with zero attached hydrogens (tertiary/aromatic N) is 1. The molecule has 0 amide bonds. The Kier molecular flexibility index (Phi) is 4.68. The largest absolute Gasteiger partial charge is 0.298 e. The van der Waals surface area contributed by atoms with E-state index in [1.54, 1.807) is 0 Å². The Morgan fingerprint density at radius 2 is 1.54 bits per heavy atom. The molecule has 3 heteroatoms. The van der Waals surface area contributed by atoms with E-state index in [0.717, 1.165) is 46.6 Å². The van der Waals surface area contributed by atoms with Crippen LogP contribution in [-0.2, 0) is 0 Å². The molecule has 1 aliphatic rings. The summed E-state index contributed by atoms with van der Waals surface area (Å²) in [6.45, 7) is 0. The van der Waals surface area contributed by atoms with Crippen molar-refractivity contribution in [3.63, 3.8) is 0 Å². The van der Waals surface area contributed by atoms with Crippen LogP contribution in [-0.4, -0.2) is 12.0 Å². The molecule has 0 saturated carbocycles. The van der Waals surface area contributed by atoms with Crippen LogP contribution in [0.4, 0.5) is 0 Å². The van der Waals surface area contributed by atoms with Crippen LogP contribution in [0.5, 0.6) is 0 Å². The number of aldehydes is 1. The molecule has 0 saturated heterocycles. The van der Waals surface area contributed by atoms with E-state index in [9.17, 15) is 4.79 Å². The van der Waals surface area contributed by atoms with Gasteiger partial charge in [-0.1, -0.05) is 78.3 Å². The first kappa shape index (κ1) is 16.7. The first-order valence-corrected chi connectivity index (χ1v) is 9.09. The van der Waals surface area contributed by atoms with Gasteiger partial charge in [0, 0.05) is 21.9 Å². The van der Waals surface area contributed by atoms with E-state index in [0.29, 0.717) is 5.56 Å². The zero-order valence-electron chi connectivity index (χ0n) is 14.2. The molecule has 0 N–H and O–H groups in total. The Hall–Kier alpha value is -2.71. The first-order chi connectivity index (χ1) is 12.7. The highest BCUT2D eigenvalue weighted by Crippen LogP contribution is 2.33. The SMILES string of the molecule is O=Cc1ccc(-c2ccc(C3CCC(c4ccccc4Cl)=N3)cc2)cc1. The van der Waals surface area contributed by atoms with Gasteiger partial charge in [0.1, 0.15) is 6.29 Å². The van der Waals surface area contributed by atoms with E-state index in [1.165, 1.54) is 5.56 Å².